The molecule has 19 heavy (non-hydrogen) atoms. The Balaban J connectivity index is 2.11. The molecule has 0 amide bonds. The van der Waals surface area contributed by atoms with E-state index in [1.807, 2.05) is 36.4 Å². The van der Waals surface area contributed by atoms with Crippen molar-refractivity contribution in [2.75, 3.05) is 7.11 Å². The molecule has 3 rings (SSSR count). The standard InChI is InChI=1S/C16H12FNO/c1-19-16-9-7-12(10-13(16)17)15-8-6-11-4-2-3-5-14(11)18-15/h2-10H,1H3. The van der Waals surface area contributed by atoms with Gasteiger partial charge in [-0.15, -0.1) is 0 Å². The van der Waals surface area contributed by atoms with E-state index < -0.39 is 0 Å². The highest BCUT2D eigenvalue weighted by Gasteiger charge is 2.06. The van der Waals surface area contributed by atoms with Gasteiger partial charge in [0.05, 0.1) is 18.3 Å². The number of methoxy groups -OCH3 is 1. The number of hydrogen-bond donors (Lipinski definition) is 0. The molecular formula is C16H12FNO. The van der Waals surface area contributed by atoms with Gasteiger partial charge in [-0.3, -0.25) is 0 Å². The van der Waals surface area contributed by atoms with Crippen LogP contribution in [0.25, 0.3) is 22.2 Å². The average Bonchev–Trinajstić information content (AvgIpc) is 2.46. The van der Waals surface area contributed by atoms with Crippen molar-refractivity contribution in [3.63, 3.8) is 0 Å². The van der Waals surface area contributed by atoms with Crippen molar-refractivity contribution in [3.05, 3.63) is 60.4 Å². The molecule has 0 unspecified atom stereocenters. The highest BCUT2D eigenvalue weighted by molar-refractivity contribution is 5.81. The maximum Gasteiger partial charge on any atom is 0.165 e. The summed E-state index contributed by atoms with van der Waals surface area (Å²) in [6.45, 7) is 0. The smallest absolute Gasteiger partial charge is 0.165 e. The zero-order chi connectivity index (χ0) is 13.2. The Kier molecular flexibility index (Phi) is 2.88. The Morgan fingerprint density at radius 1 is 1.00 bits per heavy atom. The summed E-state index contributed by atoms with van der Waals surface area (Å²) in [6, 6.07) is 16.6. The second-order valence-corrected chi connectivity index (χ2v) is 4.24. The molecule has 0 radical (unpaired) electrons. The van der Waals surface area contributed by atoms with Crippen LogP contribution in [0.1, 0.15) is 0 Å². The first-order valence-electron chi connectivity index (χ1n) is 5.97. The van der Waals surface area contributed by atoms with Crippen molar-refractivity contribution in [2.45, 2.75) is 0 Å². The monoisotopic (exact) mass is 253 g/mol. The van der Waals surface area contributed by atoms with Gasteiger partial charge in [0, 0.05) is 10.9 Å². The molecule has 0 aliphatic heterocycles. The highest BCUT2D eigenvalue weighted by atomic mass is 19.1. The predicted molar refractivity (Wildman–Crippen MR) is 73.7 cm³/mol. The van der Waals surface area contributed by atoms with Gasteiger partial charge in [0.2, 0.25) is 0 Å². The fourth-order valence-electron chi connectivity index (χ4n) is 2.05. The summed E-state index contributed by atoms with van der Waals surface area (Å²) >= 11 is 0. The number of para-hydroxylation sites is 1. The van der Waals surface area contributed by atoms with Crippen LogP contribution in [0.3, 0.4) is 0 Å². The number of aromatic nitrogens is 1. The Bertz CT molecular complexity index is 740. The topological polar surface area (TPSA) is 22.1 Å². The fourth-order valence-corrected chi connectivity index (χ4v) is 2.05. The predicted octanol–water partition coefficient (Wildman–Crippen LogP) is 4.05. The number of pyridine rings is 1. The van der Waals surface area contributed by atoms with Gasteiger partial charge in [-0.1, -0.05) is 24.3 Å². The average molecular weight is 253 g/mol. The molecule has 2 aromatic carbocycles. The van der Waals surface area contributed by atoms with E-state index >= 15 is 0 Å². The first-order chi connectivity index (χ1) is 9.28. The minimum absolute atomic E-state index is 0.240. The summed E-state index contributed by atoms with van der Waals surface area (Å²) in [6.07, 6.45) is 0. The van der Waals surface area contributed by atoms with E-state index in [2.05, 4.69) is 4.98 Å². The zero-order valence-electron chi connectivity index (χ0n) is 10.4. The van der Waals surface area contributed by atoms with Gasteiger partial charge in [0.1, 0.15) is 0 Å². The normalized spacial score (nSPS) is 10.6. The summed E-state index contributed by atoms with van der Waals surface area (Å²) in [5.41, 5.74) is 2.39. The molecule has 1 aromatic heterocycles. The van der Waals surface area contributed by atoms with Crippen LogP contribution < -0.4 is 4.74 Å². The van der Waals surface area contributed by atoms with Crippen LogP contribution >= 0.6 is 0 Å². The molecular weight excluding hydrogens is 241 g/mol. The number of benzene rings is 2. The number of rotatable bonds is 2. The maximum atomic E-state index is 13.7. The SMILES string of the molecule is COc1ccc(-c2ccc3ccccc3n2)cc1F. The minimum atomic E-state index is -0.380. The molecule has 94 valence electrons. The Morgan fingerprint density at radius 3 is 2.63 bits per heavy atom. The Morgan fingerprint density at radius 2 is 1.84 bits per heavy atom. The van der Waals surface area contributed by atoms with Gasteiger partial charge in [-0.25, -0.2) is 9.37 Å². The van der Waals surface area contributed by atoms with Crippen molar-refractivity contribution >= 4 is 10.9 Å². The first-order valence-corrected chi connectivity index (χ1v) is 5.97. The van der Waals surface area contributed by atoms with Gasteiger partial charge in [-0.05, 0) is 30.3 Å². The molecule has 1 heterocycles. The third-order valence-corrected chi connectivity index (χ3v) is 3.05. The summed E-state index contributed by atoms with van der Waals surface area (Å²) in [5, 5.41) is 1.07. The molecule has 0 N–H and O–H groups in total. The molecule has 0 fully saturated rings. The van der Waals surface area contributed by atoms with Gasteiger partial charge in [0.25, 0.3) is 0 Å². The summed E-state index contributed by atoms with van der Waals surface area (Å²) in [5.74, 6) is -0.139. The lowest BCUT2D eigenvalue weighted by Gasteiger charge is -2.06. The van der Waals surface area contributed by atoms with Crippen LogP contribution in [0, 0.1) is 5.82 Å². The summed E-state index contributed by atoms with van der Waals surface area (Å²) in [7, 11) is 1.45. The van der Waals surface area contributed by atoms with Crippen LogP contribution in [0.15, 0.2) is 54.6 Å². The molecule has 2 nitrogen and oxygen atoms in total. The van der Waals surface area contributed by atoms with E-state index in [4.69, 9.17) is 4.74 Å². The van der Waals surface area contributed by atoms with E-state index in [0.29, 0.717) is 0 Å². The molecule has 0 bridgehead atoms. The molecule has 3 heteroatoms. The molecule has 0 saturated carbocycles. The lowest BCUT2D eigenvalue weighted by atomic mass is 10.1. The van der Waals surface area contributed by atoms with Crippen LogP contribution in [0.4, 0.5) is 4.39 Å². The Hall–Kier alpha value is -2.42. The molecule has 0 aliphatic rings. The number of halogens is 1. The van der Waals surface area contributed by atoms with Crippen molar-refractivity contribution < 1.29 is 9.13 Å². The third-order valence-electron chi connectivity index (χ3n) is 3.05. The third kappa shape index (κ3) is 2.15. The van der Waals surface area contributed by atoms with Gasteiger partial charge in [-0.2, -0.15) is 0 Å². The van der Waals surface area contributed by atoms with Gasteiger partial charge < -0.3 is 4.74 Å². The summed E-state index contributed by atoms with van der Waals surface area (Å²) in [4.78, 5) is 4.53. The highest BCUT2D eigenvalue weighted by Crippen LogP contribution is 2.25. The quantitative estimate of drug-likeness (QED) is 0.687. The van der Waals surface area contributed by atoms with E-state index in [1.54, 1.807) is 12.1 Å². The minimum Gasteiger partial charge on any atom is -0.494 e. The van der Waals surface area contributed by atoms with Crippen LogP contribution in [-0.4, -0.2) is 12.1 Å². The van der Waals surface area contributed by atoms with Crippen molar-refractivity contribution in [3.8, 4) is 17.0 Å². The van der Waals surface area contributed by atoms with Crippen LogP contribution in [-0.2, 0) is 0 Å². The second kappa shape index (κ2) is 4.69. The van der Waals surface area contributed by atoms with Gasteiger partial charge >= 0.3 is 0 Å². The van der Waals surface area contributed by atoms with Crippen molar-refractivity contribution in [1.29, 1.82) is 0 Å². The number of hydrogen-bond acceptors (Lipinski definition) is 2. The molecule has 0 spiro atoms. The van der Waals surface area contributed by atoms with Crippen molar-refractivity contribution in [1.82, 2.24) is 4.98 Å². The summed E-state index contributed by atoms with van der Waals surface area (Å²) < 4.78 is 18.6. The zero-order valence-corrected chi connectivity index (χ0v) is 10.4. The number of nitrogens with zero attached hydrogens (tertiary/aromatic N) is 1. The largest absolute Gasteiger partial charge is 0.494 e. The van der Waals surface area contributed by atoms with Crippen LogP contribution in [0.5, 0.6) is 5.75 Å². The second-order valence-electron chi connectivity index (χ2n) is 4.24. The van der Waals surface area contributed by atoms with Crippen molar-refractivity contribution in [2.24, 2.45) is 0 Å². The first kappa shape index (κ1) is 11.7. The lowest BCUT2D eigenvalue weighted by Crippen LogP contribution is -1.90. The van der Waals surface area contributed by atoms with E-state index in [-0.39, 0.29) is 11.6 Å². The number of ether oxygens (including phenoxy) is 1. The maximum absolute atomic E-state index is 13.7. The van der Waals surface area contributed by atoms with E-state index in [1.165, 1.54) is 13.2 Å². The van der Waals surface area contributed by atoms with Crippen LogP contribution in [0.2, 0.25) is 0 Å². The molecule has 0 saturated heterocycles. The molecule has 0 atom stereocenters. The Labute approximate surface area is 110 Å². The van der Waals surface area contributed by atoms with E-state index in [9.17, 15) is 4.39 Å². The number of fused-ring (bicyclic) bond motifs is 1. The molecule has 0 aliphatic carbocycles. The van der Waals surface area contributed by atoms with Gasteiger partial charge in [0.15, 0.2) is 11.6 Å². The van der Waals surface area contributed by atoms with E-state index in [0.717, 1.165) is 22.2 Å². The lowest BCUT2D eigenvalue weighted by molar-refractivity contribution is 0.386. The fraction of sp³-hybridized carbons (Fsp3) is 0.0625. The molecule has 3 aromatic rings.